The van der Waals surface area contributed by atoms with Gasteiger partial charge in [-0.3, -0.25) is 4.90 Å². The summed E-state index contributed by atoms with van der Waals surface area (Å²) in [6.07, 6.45) is 1.58. The quantitative estimate of drug-likeness (QED) is 0.526. The molecule has 0 radical (unpaired) electrons. The van der Waals surface area contributed by atoms with Crippen molar-refractivity contribution in [3.05, 3.63) is 47.3 Å². The first-order valence-corrected chi connectivity index (χ1v) is 6.77. The molecule has 1 aromatic rings. The van der Waals surface area contributed by atoms with Crippen molar-refractivity contribution in [1.82, 2.24) is 4.90 Å². The van der Waals surface area contributed by atoms with Crippen molar-refractivity contribution in [3.8, 4) is 0 Å². The van der Waals surface area contributed by atoms with Gasteiger partial charge in [-0.05, 0) is 18.9 Å². The molecule has 0 unspecified atom stereocenters. The lowest BCUT2D eigenvalue weighted by atomic mass is 10.0. The van der Waals surface area contributed by atoms with Gasteiger partial charge in [0.1, 0.15) is 0 Å². The van der Waals surface area contributed by atoms with Crippen molar-refractivity contribution < 1.29 is 32.6 Å². The van der Waals surface area contributed by atoms with Crippen molar-refractivity contribution >= 4 is 12.1 Å². The first-order valence-electron chi connectivity index (χ1n) is 6.77. The smallest absolute Gasteiger partial charge is 0.408 e. The zero-order chi connectivity index (χ0) is 17.1. The summed E-state index contributed by atoms with van der Waals surface area (Å²) in [5, 5.41) is 9.34. The molecule has 1 amide bonds. The highest BCUT2D eigenvalue weighted by Gasteiger charge is 2.38. The predicted octanol–water partition coefficient (Wildman–Crippen LogP) is 3.02. The largest absolute Gasteiger partial charge is 0.466 e. The van der Waals surface area contributed by atoms with Crippen LogP contribution in [0.3, 0.4) is 0 Å². The van der Waals surface area contributed by atoms with Gasteiger partial charge in [0.15, 0.2) is 17.5 Å². The van der Waals surface area contributed by atoms with E-state index < -0.39 is 41.6 Å². The Labute approximate surface area is 130 Å². The number of hydrogen-bond donors (Lipinski definition) is 1. The number of hydrogen-bond acceptors (Lipinski definition) is 3. The normalized spacial score (nSPS) is 21.0. The van der Waals surface area contributed by atoms with Gasteiger partial charge in [-0.15, -0.1) is 0 Å². The van der Waals surface area contributed by atoms with Gasteiger partial charge in [0, 0.05) is 11.6 Å². The van der Waals surface area contributed by atoms with Crippen LogP contribution in [0, 0.1) is 17.5 Å². The minimum Gasteiger partial charge on any atom is -0.466 e. The van der Waals surface area contributed by atoms with Gasteiger partial charge in [-0.2, -0.15) is 0 Å². The van der Waals surface area contributed by atoms with Crippen LogP contribution in [-0.2, 0) is 9.53 Å². The Morgan fingerprint density at radius 3 is 2.57 bits per heavy atom. The van der Waals surface area contributed by atoms with Gasteiger partial charge >= 0.3 is 12.1 Å². The topological polar surface area (TPSA) is 66.8 Å². The molecule has 1 N–H and O–H groups in total. The average Bonchev–Trinajstić information content (AvgIpc) is 2.94. The highest BCUT2D eigenvalue weighted by Crippen LogP contribution is 2.38. The standard InChI is InChI=1S/C15H14F3NO4/c1-23-12(20)7-3-8-2-6-11(19(8)15(21)22)9-4-5-10(16)14(18)13(9)17/h3-5,7-8,11H,2,6H2,1H3,(H,21,22)/b7-3+/t8-,11+/m1/s1. The second-order valence-electron chi connectivity index (χ2n) is 5.00. The Bertz CT molecular complexity index is 662. The van der Waals surface area contributed by atoms with E-state index in [2.05, 4.69) is 4.74 Å². The summed E-state index contributed by atoms with van der Waals surface area (Å²) in [5.41, 5.74) is -0.236. The molecule has 5 nitrogen and oxygen atoms in total. The molecule has 1 saturated heterocycles. The van der Waals surface area contributed by atoms with Gasteiger partial charge in [0.05, 0.1) is 19.2 Å². The number of methoxy groups -OCH3 is 1. The fourth-order valence-electron chi connectivity index (χ4n) is 2.66. The summed E-state index contributed by atoms with van der Waals surface area (Å²) in [5.74, 6) is -5.04. The second kappa shape index (κ2) is 6.72. The molecule has 1 aliphatic heterocycles. The zero-order valence-corrected chi connectivity index (χ0v) is 12.1. The van der Waals surface area contributed by atoms with Gasteiger partial charge in [-0.1, -0.05) is 12.1 Å². The summed E-state index contributed by atoms with van der Waals surface area (Å²) in [7, 11) is 1.18. The molecule has 2 rings (SSSR count). The number of amides is 1. The second-order valence-corrected chi connectivity index (χ2v) is 5.00. The van der Waals surface area contributed by atoms with Crippen molar-refractivity contribution in [3.63, 3.8) is 0 Å². The van der Waals surface area contributed by atoms with E-state index >= 15 is 0 Å². The van der Waals surface area contributed by atoms with Crippen LogP contribution in [0.25, 0.3) is 0 Å². The van der Waals surface area contributed by atoms with Gasteiger partial charge in [0.25, 0.3) is 0 Å². The number of benzene rings is 1. The first kappa shape index (κ1) is 16.9. The maximum atomic E-state index is 13.9. The maximum Gasteiger partial charge on any atom is 0.408 e. The number of carboxylic acid groups (broad SMARTS) is 1. The van der Waals surface area contributed by atoms with E-state index in [0.717, 1.165) is 23.1 Å². The molecule has 0 bridgehead atoms. The molecule has 1 fully saturated rings. The number of nitrogens with zero attached hydrogens (tertiary/aromatic N) is 1. The lowest BCUT2D eigenvalue weighted by Crippen LogP contribution is -2.35. The molecule has 1 aliphatic rings. The van der Waals surface area contributed by atoms with Crippen LogP contribution in [0.1, 0.15) is 24.4 Å². The van der Waals surface area contributed by atoms with Gasteiger partial charge in [-0.25, -0.2) is 22.8 Å². The predicted molar refractivity (Wildman–Crippen MR) is 73.1 cm³/mol. The summed E-state index contributed by atoms with van der Waals surface area (Å²) < 4.78 is 44.7. The van der Waals surface area contributed by atoms with Gasteiger partial charge in [0.2, 0.25) is 0 Å². The molecule has 0 aromatic heterocycles. The minimum absolute atomic E-state index is 0.213. The number of esters is 1. The molecule has 0 spiro atoms. The number of rotatable bonds is 3. The summed E-state index contributed by atoms with van der Waals surface area (Å²) in [4.78, 5) is 23.5. The lowest BCUT2D eigenvalue weighted by molar-refractivity contribution is -0.134. The van der Waals surface area contributed by atoms with Crippen LogP contribution in [0.15, 0.2) is 24.3 Å². The van der Waals surface area contributed by atoms with Crippen LogP contribution in [-0.4, -0.2) is 35.2 Å². The Morgan fingerprint density at radius 2 is 1.96 bits per heavy atom. The first-order chi connectivity index (χ1) is 10.9. The number of carbonyl (C=O) groups is 2. The fourth-order valence-corrected chi connectivity index (χ4v) is 2.66. The van der Waals surface area contributed by atoms with Crippen molar-refractivity contribution in [2.24, 2.45) is 0 Å². The Morgan fingerprint density at radius 1 is 1.26 bits per heavy atom. The SMILES string of the molecule is COC(=O)/C=C/[C@H]1CC[C@@H](c2ccc(F)c(F)c2F)N1C(=O)O. The third kappa shape index (κ3) is 3.30. The minimum atomic E-state index is -1.64. The van der Waals surface area contributed by atoms with Crippen LogP contribution in [0.5, 0.6) is 0 Å². The Hall–Kier alpha value is -2.51. The highest BCUT2D eigenvalue weighted by atomic mass is 19.2. The summed E-state index contributed by atoms with van der Waals surface area (Å²) in [6, 6.07) is 0.130. The molecule has 0 aliphatic carbocycles. The van der Waals surface area contributed by atoms with Crippen molar-refractivity contribution in [2.75, 3.05) is 7.11 Å². The fraction of sp³-hybridized carbons (Fsp3) is 0.333. The number of carbonyl (C=O) groups excluding carboxylic acids is 1. The van der Waals surface area contributed by atoms with E-state index in [1.807, 2.05) is 0 Å². The molecule has 2 atom stereocenters. The molecule has 1 aromatic carbocycles. The number of likely N-dealkylation sites (tertiary alicyclic amines) is 1. The molecule has 8 heteroatoms. The molecule has 124 valence electrons. The van der Waals surface area contributed by atoms with Gasteiger partial charge < -0.3 is 9.84 Å². The lowest BCUT2D eigenvalue weighted by Gasteiger charge is -2.26. The molecule has 23 heavy (non-hydrogen) atoms. The monoisotopic (exact) mass is 329 g/mol. The summed E-state index contributed by atoms with van der Waals surface area (Å²) in [6.45, 7) is 0. The number of ether oxygens (including phenoxy) is 1. The van der Waals surface area contributed by atoms with Crippen LogP contribution in [0.4, 0.5) is 18.0 Å². The molecule has 0 saturated carbocycles. The Kier molecular flexibility index (Phi) is 4.92. The highest BCUT2D eigenvalue weighted by molar-refractivity contribution is 5.82. The van der Waals surface area contributed by atoms with Crippen LogP contribution < -0.4 is 0 Å². The zero-order valence-electron chi connectivity index (χ0n) is 12.1. The van der Waals surface area contributed by atoms with E-state index in [4.69, 9.17) is 0 Å². The van der Waals surface area contributed by atoms with E-state index in [1.165, 1.54) is 13.2 Å². The van der Waals surface area contributed by atoms with Crippen molar-refractivity contribution in [1.29, 1.82) is 0 Å². The molecular weight excluding hydrogens is 315 g/mol. The maximum absolute atomic E-state index is 13.9. The van der Waals surface area contributed by atoms with Crippen LogP contribution in [0.2, 0.25) is 0 Å². The Balaban J connectivity index is 2.33. The molecule has 1 heterocycles. The van der Waals surface area contributed by atoms with E-state index in [0.29, 0.717) is 6.42 Å². The third-order valence-corrected chi connectivity index (χ3v) is 3.73. The van der Waals surface area contributed by atoms with E-state index in [1.54, 1.807) is 0 Å². The van der Waals surface area contributed by atoms with Crippen LogP contribution >= 0.6 is 0 Å². The van der Waals surface area contributed by atoms with E-state index in [-0.39, 0.29) is 12.0 Å². The van der Waals surface area contributed by atoms with E-state index in [9.17, 15) is 27.9 Å². The molecular formula is C15H14F3NO4. The summed E-state index contributed by atoms with van der Waals surface area (Å²) >= 11 is 0. The average molecular weight is 329 g/mol. The number of halogens is 3. The van der Waals surface area contributed by atoms with Crippen molar-refractivity contribution in [2.45, 2.75) is 24.9 Å². The third-order valence-electron chi connectivity index (χ3n) is 3.73.